The van der Waals surface area contributed by atoms with Crippen LogP contribution in [-0.2, 0) is 18.0 Å². The lowest BCUT2D eigenvalue weighted by atomic mass is 10.2. The molecule has 1 aromatic carbocycles. The van der Waals surface area contributed by atoms with Crippen LogP contribution in [0.4, 0.5) is 17.6 Å². The molecule has 188 valence electrons. The molecule has 0 spiro atoms. The Labute approximate surface area is 199 Å². The molecule has 0 saturated heterocycles. The summed E-state index contributed by atoms with van der Waals surface area (Å²) >= 11 is 6.05. The van der Waals surface area contributed by atoms with Crippen LogP contribution in [0.2, 0.25) is 5.02 Å². The van der Waals surface area contributed by atoms with Crippen molar-refractivity contribution in [2.24, 2.45) is 7.05 Å². The predicted molar refractivity (Wildman–Crippen MR) is 115 cm³/mol. The van der Waals surface area contributed by atoms with Gasteiger partial charge in [0.05, 0.1) is 10.7 Å². The van der Waals surface area contributed by atoms with Gasteiger partial charge < -0.3 is 19.3 Å². The zero-order valence-corrected chi connectivity index (χ0v) is 18.9. The van der Waals surface area contributed by atoms with Crippen LogP contribution >= 0.6 is 11.6 Å². The second-order valence-electron chi connectivity index (χ2n) is 6.91. The summed E-state index contributed by atoms with van der Waals surface area (Å²) in [6, 6.07) is 4.64. The Balaban J connectivity index is 2.04. The third kappa shape index (κ3) is 5.81. The Hall–Kier alpha value is -3.42. The lowest BCUT2D eigenvalue weighted by Gasteiger charge is -2.16. The van der Waals surface area contributed by atoms with Gasteiger partial charge in [0.25, 0.3) is 11.4 Å². The van der Waals surface area contributed by atoms with Gasteiger partial charge in [0.1, 0.15) is 23.9 Å². The molecule has 9 nitrogen and oxygen atoms in total. The first kappa shape index (κ1) is 26.2. The molecule has 2 heterocycles. The van der Waals surface area contributed by atoms with Crippen molar-refractivity contribution in [3.05, 3.63) is 73.9 Å². The molecule has 1 unspecified atom stereocenters. The van der Waals surface area contributed by atoms with Crippen molar-refractivity contribution in [2.75, 3.05) is 13.2 Å². The van der Waals surface area contributed by atoms with Crippen molar-refractivity contribution < 1.29 is 36.9 Å². The molecule has 0 aliphatic rings. The first-order valence-electron chi connectivity index (χ1n) is 9.89. The first-order chi connectivity index (χ1) is 16.4. The highest BCUT2D eigenvalue weighted by Gasteiger charge is 2.35. The third-order valence-electron chi connectivity index (χ3n) is 4.53. The first-order valence-corrected chi connectivity index (χ1v) is 10.3. The second kappa shape index (κ2) is 10.5. The van der Waals surface area contributed by atoms with Gasteiger partial charge in [-0.15, -0.1) is 0 Å². The number of hydrogen-bond donors (Lipinski definition) is 1. The zero-order chi connectivity index (χ0) is 25.9. The predicted octanol–water partition coefficient (Wildman–Crippen LogP) is 3.27. The summed E-state index contributed by atoms with van der Waals surface area (Å²) in [7, 11) is 0.794. The van der Waals surface area contributed by atoms with Gasteiger partial charge in [-0.3, -0.25) is 9.36 Å². The number of benzene rings is 1. The Bertz CT molecular complexity index is 1340. The summed E-state index contributed by atoms with van der Waals surface area (Å²) in [5, 5.41) is 9.37. The lowest BCUT2D eigenvalue weighted by Crippen LogP contribution is -2.41. The Kier molecular flexibility index (Phi) is 7.83. The molecule has 0 fully saturated rings. The third-order valence-corrected chi connectivity index (χ3v) is 4.83. The SMILES string of the molecule is CCOC(O)COc1ncccc1Oc1cc(-n2c(=O)cc(C(F)(F)F)n(C)c2=O)c(F)cc1Cl. The van der Waals surface area contributed by atoms with Crippen LogP contribution in [0.1, 0.15) is 12.6 Å². The van der Waals surface area contributed by atoms with Crippen LogP contribution in [-0.4, -0.2) is 38.7 Å². The van der Waals surface area contributed by atoms with Gasteiger partial charge in [0, 0.05) is 32.0 Å². The molecule has 0 radical (unpaired) electrons. The van der Waals surface area contributed by atoms with Crippen molar-refractivity contribution in [3.8, 4) is 23.1 Å². The maximum absolute atomic E-state index is 14.7. The quantitative estimate of drug-likeness (QED) is 0.360. The lowest BCUT2D eigenvalue weighted by molar-refractivity contribution is -0.144. The van der Waals surface area contributed by atoms with E-state index >= 15 is 0 Å². The largest absolute Gasteiger partial charge is 0.470 e. The van der Waals surface area contributed by atoms with Crippen LogP contribution in [0.25, 0.3) is 5.69 Å². The van der Waals surface area contributed by atoms with Crippen LogP contribution in [0.3, 0.4) is 0 Å². The second-order valence-corrected chi connectivity index (χ2v) is 7.31. The molecule has 0 amide bonds. The number of hydrogen-bond acceptors (Lipinski definition) is 7. The summed E-state index contributed by atoms with van der Waals surface area (Å²) in [6.45, 7) is 1.59. The summed E-state index contributed by atoms with van der Waals surface area (Å²) in [4.78, 5) is 28.9. The fourth-order valence-corrected chi connectivity index (χ4v) is 3.15. The van der Waals surface area contributed by atoms with E-state index < -0.39 is 40.9 Å². The molecule has 1 atom stereocenters. The van der Waals surface area contributed by atoms with Crippen molar-refractivity contribution in [1.82, 2.24) is 14.1 Å². The van der Waals surface area contributed by atoms with Gasteiger partial charge in [0.2, 0.25) is 0 Å². The van der Waals surface area contributed by atoms with E-state index in [-0.39, 0.29) is 50.8 Å². The average molecular weight is 520 g/mol. The summed E-state index contributed by atoms with van der Waals surface area (Å²) in [6.07, 6.45) is -4.87. The topological polar surface area (TPSA) is 105 Å². The van der Waals surface area contributed by atoms with Gasteiger partial charge in [-0.1, -0.05) is 11.6 Å². The Morgan fingerprint density at radius 1 is 1.20 bits per heavy atom. The van der Waals surface area contributed by atoms with Crippen molar-refractivity contribution in [1.29, 1.82) is 0 Å². The fourth-order valence-electron chi connectivity index (χ4n) is 2.96. The van der Waals surface area contributed by atoms with Crippen molar-refractivity contribution in [2.45, 2.75) is 19.4 Å². The normalized spacial score (nSPS) is 12.5. The minimum absolute atomic E-state index is 0.0386. The van der Waals surface area contributed by atoms with Gasteiger partial charge in [-0.05, 0) is 25.1 Å². The maximum atomic E-state index is 14.7. The Morgan fingerprint density at radius 2 is 1.91 bits per heavy atom. The number of alkyl halides is 3. The van der Waals surface area contributed by atoms with E-state index in [2.05, 4.69) is 4.98 Å². The number of halogens is 5. The molecule has 0 saturated carbocycles. The molecule has 3 rings (SSSR count). The number of ether oxygens (including phenoxy) is 3. The molecule has 14 heteroatoms. The Morgan fingerprint density at radius 3 is 2.57 bits per heavy atom. The summed E-state index contributed by atoms with van der Waals surface area (Å²) in [5.41, 5.74) is -5.04. The summed E-state index contributed by atoms with van der Waals surface area (Å²) < 4.78 is 70.4. The van der Waals surface area contributed by atoms with Crippen molar-refractivity contribution in [3.63, 3.8) is 0 Å². The highest BCUT2D eigenvalue weighted by molar-refractivity contribution is 6.32. The number of rotatable bonds is 8. The van der Waals surface area contributed by atoms with Crippen LogP contribution in [0, 0.1) is 5.82 Å². The highest BCUT2D eigenvalue weighted by atomic mass is 35.5. The minimum atomic E-state index is -4.98. The highest BCUT2D eigenvalue weighted by Crippen LogP contribution is 2.36. The van der Waals surface area contributed by atoms with Gasteiger partial charge in [-0.25, -0.2) is 18.7 Å². The minimum Gasteiger partial charge on any atom is -0.470 e. The van der Waals surface area contributed by atoms with Crippen LogP contribution < -0.4 is 20.7 Å². The number of aromatic nitrogens is 3. The molecule has 3 aromatic rings. The zero-order valence-electron chi connectivity index (χ0n) is 18.2. The number of nitrogens with zero attached hydrogens (tertiary/aromatic N) is 3. The van der Waals surface area contributed by atoms with E-state index in [4.69, 9.17) is 25.8 Å². The van der Waals surface area contributed by atoms with Gasteiger partial charge >= 0.3 is 11.9 Å². The fraction of sp³-hybridized carbons (Fsp3) is 0.286. The smallest absolute Gasteiger partial charge is 0.431 e. The molecule has 1 N–H and O–H groups in total. The average Bonchev–Trinajstić information content (AvgIpc) is 2.78. The standard InChI is InChI=1S/C21H18ClF4N3O6/c1-3-33-18(31)10-34-19-14(5-4-6-27-19)35-15-8-13(12(23)7-11(15)22)29-17(30)9-16(21(24,25)26)28(2)20(29)32/h4-9,18,31H,3,10H2,1-2H3. The summed E-state index contributed by atoms with van der Waals surface area (Å²) in [5.74, 6) is -1.57. The molecule has 0 bridgehead atoms. The molecule has 0 aliphatic carbocycles. The van der Waals surface area contributed by atoms with Crippen LogP contribution in [0.15, 0.2) is 46.1 Å². The van der Waals surface area contributed by atoms with E-state index in [9.17, 15) is 32.3 Å². The van der Waals surface area contributed by atoms with E-state index in [1.165, 1.54) is 18.3 Å². The van der Waals surface area contributed by atoms with E-state index in [1.807, 2.05) is 0 Å². The van der Waals surface area contributed by atoms with E-state index in [0.717, 1.165) is 19.2 Å². The van der Waals surface area contributed by atoms with Gasteiger partial charge in [-0.2, -0.15) is 13.2 Å². The number of aliphatic hydroxyl groups is 1. The van der Waals surface area contributed by atoms with Crippen LogP contribution in [0.5, 0.6) is 17.4 Å². The molecular weight excluding hydrogens is 502 g/mol. The van der Waals surface area contributed by atoms with E-state index in [1.54, 1.807) is 6.92 Å². The number of pyridine rings is 1. The monoisotopic (exact) mass is 519 g/mol. The van der Waals surface area contributed by atoms with Crippen molar-refractivity contribution >= 4 is 11.6 Å². The molecular formula is C21H18ClF4N3O6. The van der Waals surface area contributed by atoms with E-state index in [0.29, 0.717) is 0 Å². The molecule has 2 aromatic heterocycles. The van der Waals surface area contributed by atoms with Gasteiger partial charge in [0.15, 0.2) is 12.0 Å². The number of aliphatic hydroxyl groups excluding tert-OH is 1. The maximum Gasteiger partial charge on any atom is 0.431 e. The molecule has 0 aliphatic heterocycles. The molecule has 35 heavy (non-hydrogen) atoms.